The smallest absolute Gasteiger partial charge is 0.320 e. The van der Waals surface area contributed by atoms with Crippen LogP contribution in [0.2, 0.25) is 0 Å². The van der Waals surface area contributed by atoms with Crippen molar-refractivity contribution in [2.45, 2.75) is 27.3 Å². The van der Waals surface area contributed by atoms with Crippen LogP contribution in [0.25, 0.3) is 0 Å². The van der Waals surface area contributed by atoms with Crippen LogP contribution in [-0.2, 0) is 16.1 Å². The Labute approximate surface area is 108 Å². The predicted molar refractivity (Wildman–Crippen MR) is 68.7 cm³/mol. The Morgan fingerprint density at radius 1 is 1.39 bits per heavy atom. The Morgan fingerprint density at radius 3 is 2.67 bits per heavy atom. The van der Waals surface area contributed by atoms with Gasteiger partial charge in [0.25, 0.3) is 0 Å². The first-order chi connectivity index (χ1) is 8.56. The first-order valence-electron chi connectivity index (χ1n) is 6.19. The fraction of sp³-hybridized carbons (Fsp3) is 0.500. The Hall–Kier alpha value is -1.42. The first-order valence-corrected chi connectivity index (χ1v) is 6.19. The normalized spacial score (nSPS) is 10.7. The first kappa shape index (κ1) is 14.6. The highest BCUT2D eigenvalue weighted by atomic mass is 19.1. The topological polar surface area (TPSA) is 29.5 Å². The second-order valence-electron chi connectivity index (χ2n) is 4.18. The van der Waals surface area contributed by atoms with E-state index in [0.717, 1.165) is 17.7 Å². The average Bonchev–Trinajstić information content (AvgIpc) is 2.31. The summed E-state index contributed by atoms with van der Waals surface area (Å²) >= 11 is 0. The molecule has 0 radical (unpaired) electrons. The number of esters is 1. The maximum atomic E-state index is 13.0. The molecule has 0 fully saturated rings. The third-order valence-corrected chi connectivity index (χ3v) is 2.80. The minimum atomic E-state index is -0.232. The molecule has 0 saturated heterocycles. The Kier molecular flexibility index (Phi) is 5.78. The van der Waals surface area contributed by atoms with Gasteiger partial charge >= 0.3 is 5.97 Å². The molecule has 0 heterocycles. The standard InChI is InChI=1S/C14H20FNO2/c1-4-16(10-14(17)18-5-2)9-12-6-7-13(15)8-11(12)3/h6-8H,4-5,9-10H2,1-3H3. The van der Waals surface area contributed by atoms with Gasteiger partial charge < -0.3 is 4.74 Å². The van der Waals surface area contributed by atoms with Crippen LogP contribution in [0.4, 0.5) is 4.39 Å². The molecule has 0 N–H and O–H groups in total. The van der Waals surface area contributed by atoms with Gasteiger partial charge in [0.05, 0.1) is 13.2 Å². The molecule has 18 heavy (non-hydrogen) atoms. The molecule has 0 amide bonds. The number of likely N-dealkylation sites (N-methyl/N-ethyl adjacent to an activating group) is 1. The van der Waals surface area contributed by atoms with Crippen molar-refractivity contribution in [3.8, 4) is 0 Å². The van der Waals surface area contributed by atoms with E-state index in [1.807, 2.05) is 18.7 Å². The number of rotatable bonds is 6. The molecule has 1 aromatic carbocycles. The van der Waals surface area contributed by atoms with Crippen LogP contribution in [0, 0.1) is 12.7 Å². The van der Waals surface area contributed by atoms with Gasteiger partial charge in [0, 0.05) is 6.54 Å². The summed E-state index contributed by atoms with van der Waals surface area (Å²) in [5.41, 5.74) is 1.93. The number of carbonyl (C=O) groups is 1. The van der Waals surface area contributed by atoms with Gasteiger partial charge in [-0.05, 0) is 43.7 Å². The van der Waals surface area contributed by atoms with E-state index in [9.17, 15) is 9.18 Å². The number of benzene rings is 1. The van der Waals surface area contributed by atoms with Crippen molar-refractivity contribution < 1.29 is 13.9 Å². The van der Waals surface area contributed by atoms with Crippen LogP contribution < -0.4 is 0 Å². The summed E-state index contributed by atoms with van der Waals surface area (Å²) in [4.78, 5) is 13.4. The minimum Gasteiger partial charge on any atom is -0.465 e. The number of carbonyl (C=O) groups excluding carboxylic acids is 1. The Balaban J connectivity index is 2.65. The highest BCUT2D eigenvalue weighted by molar-refractivity contribution is 5.71. The van der Waals surface area contributed by atoms with E-state index in [0.29, 0.717) is 13.2 Å². The average molecular weight is 253 g/mol. The zero-order chi connectivity index (χ0) is 13.5. The maximum absolute atomic E-state index is 13.0. The Morgan fingerprint density at radius 2 is 2.11 bits per heavy atom. The van der Waals surface area contributed by atoms with Crippen molar-refractivity contribution in [1.29, 1.82) is 0 Å². The number of hydrogen-bond donors (Lipinski definition) is 0. The molecule has 100 valence electrons. The molecular weight excluding hydrogens is 233 g/mol. The molecular formula is C14H20FNO2. The number of ether oxygens (including phenoxy) is 1. The van der Waals surface area contributed by atoms with Crippen molar-refractivity contribution in [2.24, 2.45) is 0 Å². The van der Waals surface area contributed by atoms with Crippen LogP contribution in [0.15, 0.2) is 18.2 Å². The van der Waals surface area contributed by atoms with Crippen LogP contribution in [0.5, 0.6) is 0 Å². The summed E-state index contributed by atoms with van der Waals surface area (Å²) in [7, 11) is 0. The molecule has 1 rings (SSSR count). The molecule has 0 spiro atoms. The number of halogens is 1. The third kappa shape index (κ3) is 4.45. The summed E-state index contributed by atoms with van der Waals surface area (Å²) in [5, 5.41) is 0. The maximum Gasteiger partial charge on any atom is 0.320 e. The monoisotopic (exact) mass is 253 g/mol. The fourth-order valence-electron chi connectivity index (χ4n) is 1.75. The van der Waals surface area contributed by atoms with Gasteiger partial charge in [0.1, 0.15) is 5.82 Å². The minimum absolute atomic E-state index is 0.223. The summed E-state index contributed by atoms with van der Waals surface area (Å²) < 4.78 is 17.9. The second kappa shape index (κ2) is 7.11. The van der Waals surface area contributed by atoms with Crippen LogP contribution in [-0.4, -0.2) is 30.6 Å². The van der Waals surface area contributed by atoms with E-state index in [2.05, 4.69) is 0 Å². The summed E-state index contributed by atoms with van der Waals surface area (Å²) in [5.74, 6) is -0.455. The quantitative estimate of drug-likeness (QED) is 0.730. The molecule has 0 unspecified atom stereocenters. The molecule has 1 aromatic rings. The highest BCUT2D eigenvalue weighted by Crippen LogP contribution is 2.12. The van der Waals surface area contributed by atoms with E-state index in [-0.39, 0.29) is 18.3 Å². The lowest BCUT2D eigenvalue weighted by Crippen LogP contribution is -2.30. The summed E-state index contributed by atoms with van der Waals surface area (Å²) in [6, 6.07) is 4.71. The summed E-state index contributed by atoms with van der Waals surface area (Å²) in [6.07, 6.45) is 0. The van der Waals surface area contributed by atoms with Crippen LogP contribution >= 0.6 is 0 Å². The zero-order valence-electron chi connectivity index (χ0n) is 11.2. The molecule has 4 heteroatoms. The lowest BCUT2D eigenvalue weighted by atomic mass is 10.1. The van der Waals surface area contributed by atoms with Gasteiger partial charge in [-0.25, -0.2) is 4.39 Å². The van der Waals surface area contributed by atoms with Crippen molar-refractivity contribution in [3.63, 3.8) is 0 Å². The zero-order valence-corrected chi connectivity index (χ0v) is 11.2. The predicted octanol–water partition coefficient (Wildman–Crippen LogP) is 2.52. The van der Waals surface area contributed by atoms with E-state index < -0.39 is 0 Å². The van der Waals surface area contributed by atoms with Crippen LogP contribution in [0.3, 0.4) is 0 Å². The van der Waals surface area contributed by atoms with Crippen molar-refractivity contribution >= 4 is 5.97 Å². The van der Waals surface area contributed by atoms with E-state index in [4.69, 9.17) is 4.74 Å². The van der Waals surface area contributed by atoms with E-state index in [1.165, 1.54) is 12.1 Å². The lowest BCUT2D eigenvalue weighted by molar-refractivity contribution is -0.144. The Bertz CT molecular complexity index is 407. The van der Waals surface area contributed by atoms with Gasteiger partial charge in [-0.2, -0.15) is 0 Å². The number of hydrogen-bond acceptors (Lipinski definition) is 3. The molecule has 0 aliphatic carbocycles. The molecule has 0 aliphatic heterocycles. The highest BCUT2D eigenvalue weighted by Gasteiger charge is 2.11. The SMILES string of the molecule is CCOC(=O)CN(CC)Cc1ccc(F)cc1C. The summed E-state index contributed by atoms with van der Waals surface area (Å²) in [6.45, 7) is 7.68. The van der Waals surface area contributed by atoms with Gasteiger partial charge in [0.15, 0.2) is 0 Å². The molecule has 0 bridgehead atoms. The van der Waals surface area contributed by atoms with Crippen molar-refractivity contribution in [2.75, 3.05) is 19.7 Å². The van der Waals surface area contributed by atoms with Gasteiger partial charge in [-0.3, -0.25) is 9.69 Å². The fourth-order valence-corrected chi connectivity index (χ4v) is 1.75. The lowest BCUT2D eigenvalue weighted by Gasteiger charge is -2.20. The van der Waals surface area contributed by atoms with Crippen molar-refractivity contribution in [1.82, 2.24) is 4.90 Å². The second-order valence-corrected chi connectivity index (χ2v) is 4.18. The molecule has 0 aliphatic rings. The van der Waals surface area contributed by atoms with Gasteiger partial charge in [-0.15, -0.1) is 0 Å². The van der Waals surface area contributed by atoms with Crippen molar-refractivity contribution in [3.05, 3.63) is 35.1 Å². The van der Waals surface area contributed by atoms with Gasteiger partial charge in [0.2, 0.25) is 0 Å². The van der Waals surface area contributed by atoms with E-state index in [1.54, 1.807) is 13.0 Å². The molecule has 0 saturated carbocycles. The van der Waals surface area contributed by atoms with E-state index >= 15 is 0 Å². The number of aryl methyl sites for hydroxylation is 1. The van der Waals surface area contributed by atoms with Gasteiger partial charge in [-0.1, -0.05) is 13.0 Å². The molecule has 0 atom stereocenters. The number of nitrogens with zero attached hydrogens (tertiary/aromatic N) is 1. The molecule has 3 nitrogen and oxygen atoms in total. The molecule has 0 aromatic heterocycles. The third-order valence-electron chi connectivity index (χ3n) is 2.80. The largest absolute Gasteiger partial charge is 0.465 e. The van der Waals surface area contributed by atoms with Crippen LogP contribution in [0.1, 0.15) is 25.0 Å².